The van der Waals surface area contributed by atoms with Crippen LogP contribution >= 0.6 is 0 Å². The molecule has 7 rings (SSSR count). The van der Waals surface area contributed by atoms with Crippen molar-refractivity contribution in [2.24, 2.45) is 15.7 Å². The quantitative estimate of drug-likeness (QED) is 0.0845. The first-order valence-electron chi connectivity index (χ1n) is 19.4. The monoisotopic (exact) mass is 816 g/mol. The number of aliphatic hydroxyl groups is 6. The van der Waals surface area contributed by atoms with Gasteiger partial charge in [-0.25, -0.2) is 4.79 Å². The van der Waals surface area contributed by atoms with E-state index in [0.29, 0.717) is 41.8 Å². The fourth-order valence-corrected chi connectivity index (χ4v) is 8.93. The molecule has 17 nitrogen and oxygen atoms in total. The van der Waals surface area contributed by atoms with Crippen molar-refractivity contribution in [3.63, 3.8) is 0 Å². The Morgan fingerprint density at radius 3 is 2.41 bits per heavy atom. The van der Waals surface area contributed by atoms with Gasteiger partial charge in [-0.05, 0) is 60.2 Å². The van der Waals surface area contributed by atoms with E-state index < -0.39 is 77.7 Å². The number of aliphatic hydroxyl groups excluding tert-OH is 5. The minimum Gasteiger partial charge on any atom is -0.508 e. The molecule has 1 saturated heterocycles. The van der Waals surface area contributed by atoms with Crippen molar-refractivity contribution in [3.8, 4) is 17.2 Å². The number of rotatable bonds is 13. The van der Waals surface area contributed by atoms with Crippen LogP contribution in [0, 0.1) is 0 Å². The van der Waals surface area contributed by atoms with Crippen LogP contribution in [-0.2, 0) is 26.2 Å². The Balaban J connectivity index is 1.28. The number of carbonyl (C=O) groups is 2. The summed E-state index contributed by atoms with van der Waals surface area (Å²) in [6.07, 6.45) is -2.45. The maximum atomic E-state index is 14.4. The second kappa shape index (κ2) is 16.8. The number of aliphatic imine (C=N–C) groups is 2. The summed E-state index contributed by atoms with van der Waals surface area (Å²) in [4.78, 5) is 37.6. The van der Waals surface area contributed by atoms with Crippen molar-refractivity contribution < 1.29 is 65.0 Å². The largest absolute Gasteiger partial charge is 0.508 e. The Labute approximate surface area is 338 Å². The first-order valence-corrected chi connectivity index (χ1v) is 19.4. The Hall–Kier alpha value is -5.24. The fraction of sp³-hybridized carbons (Fsp3) is 0.429. The van der Waals surface area contributed by atoms with Gasteiger partial charge in [-0.1, -0.05) is 42.8 Å². The smallest absolute Gasteiger partial charge is 0.355 e. The number of benzene rings is 3. The van der Waals surface area contributed by atoms with E-state index in [4.69, 9.17) is 15.2 Å². The highest BCUT2D eigenvalue weighted by atomic mass is 16.8. The lowest BCUT2D eigenvalue weighted by atomic mass is 9.68. The van der Waals surface area contributed by atoms with Crippen molar-refractivity contribution in [1.29, 1.82) is 0 Å². The molecule has 0 bridgehead atoms. The lowest BCUT2D eigenvalue weighted by Gasteiger charge is -2.44. The number of fused-ring (bicyclic) bond motifs is 1. The Kier molecular flexibility index (Phi) is 11.9. The molecule has 0 aromatic heterocycles. The third-order valence-corrected chi connectivity index (χ3v) is 12.0. The van der Waals surface area contributed by atoms with E-state index in [0.717, 1.165) is 29.0 Å². The van der Waals surface area contributed by atoms with Crippen LogP contribution in [0.25, 0.3) is 6.08 Å². The highest BCUT2D eigenvalue weighted by molar-refractivity contribution is 6.43. The van der Waals surface area contributed by atoms with E-state index in [-0.39, 0.29) is 49.2 Å². The van der Waals surface area contributed by atoms with Gasteiger partial charge in [0, 0.05) is 54.5 Å². The molecule has 9 atom stereocenters. The number of ether oxygens (including phenoxy) is 2. The third kappa shape index (κ3) is 7.83. The standard InChI is InChI=1S/C42H48N4O13/c43-34-7-4-13-41(34,24-5-2-1-3-6-24)19-26-25-17-31(50)32(58-42(57)39(54)38(53)37(52)33(20-48)59-42)18-29(25)46(36(26)40(55)56)35(51)11-9-22-8-10-30(49)23(15-22)16-28-27(12-14-47)44-21-45-28/h1-3,5-6,8-11,15,17-18,26,33-34,36-39,47-50,52-54,57H,4,7,12-14,16,19-21,43H2,(H,55,56). The van der Waals surface area contributed by atoms with Gasteiger partial charge < -0.3 is 61.2 Å². The Morgan fingerprint density at radius 2 is 1.73 bits per heavy atom. The van der Waals surface area contributed by atoms with E-state index in [1.807, 2.05) is 30.3 Å². The minimum atomic E-state index is -3.13. The number of aromatic hydroxyl groups is 2. The van der Waals surface area contributed by atoms with Gasteiger partial charge in [-0.3, -0.25) is 19.7 Å². The second-order valence-corrected chi connectivity index (χ2v) is 15.4. The number of carboxylic acid groups (broad SMARTS) is 1. The van der Waals surface area contributed by atoms with Gasteiger partial charge in [-0.15, -0.1) is 0 Å². The molecular weight excluding hydrogens is 768 g/mol. The van der Waals surface area contributed by atoms with Crippen LogP contribution in [0.15, 0.2) is 76.7 Å². The molecule has 3 heterocycles. The van der Waals surface area contributed by atoms with Gasteiger partial charge in [0.2, 0.25) is 0 Å². The normalized spacial score (nSPS) is 30.4. The summed E-state index contributed by atoms with van der Waals surface area (Å²) in [5, 5.41) is 94.7. The van der Waals surface area contributed by atoms with Crippen molar-refractivity contribution in [3.05, 3.63) is 89.0 Å². The second-order valence-electron chi connectivity index (χ2n) is 15.4. The third-order valence-electron chi connectivity index (χ3n) is 12.0. The number of anilines is 1. The first-order chi connectivity index (χ1) is 28.2. The minimum absolute atomic E-state index is 0.0193. The molecule has 0 radical (unpaired) electrons. The van der Waals surface area contributed by atoms with Gasteiger partial charge in [0.25, 0.3) is 5.91 Å². The molecule has 3 aromatic carbocycles. The summed E-state index contributed by atoms with van der Waals surface area (Å²) >= 11 is 0. The molecule has 11 N–H and O–H groups in total. The van der Waals surface area contributed by atoms with Gasteiger partial charge in [0.15, 0.2) is 17.6 Å². The fourth-order valence-electron chi connectivity index (χ4n) is 8.93. The number of phenols is 2. The number of nitrogens with two attached hydrogens (primary N) is 1. The number of hydrogen-bond donors (Lipinski definition) is 10. The summed E-state index contributed by atoms with van der Waals surface area (Å²) in [6.45, 7) is -0.800. The Bertz CT molecular complexity index is 2160. The molecule has 3 aliphatic heterocycles. The summed E-state index contributed by atoms with van der Waals surface area (Å²) < 4.78 is 10.8. The van der Waals surface area contributed by atoms with Crippen LogP contribution in [0.5, 0.6) is 17.2 Å². The molecule has 4 aliphatic rings. The van der Waals surface area contributed by atoms with Gasteiger partial charge in [-0.2, -0.15) is 0 Å². The molecule has 314 valence electrons. The highest BCUT2D eigenvalue weighted by Crippen LogP contribution is 2.54. The zero-order chi connectivity index (χ0) is 42.2. The molecule has 1 aliphatic carbocycles. The van der Waals surface area contributed by atoms with E-state index in [1.54, 1.807) is 12.1 Å². The molecule has 9 unspecified atom stereocenters. The molecule has 1 saturated carbocycles. The lowest BCUT2D eigenvalue weighted by molar-refractivity contribution is -0.422. The summed E-state index contributed by atoms with van der Waals surface area (Å²) in [6, 6.07) is 14.5. The summed E-state index contributed by atoms with van der Waals surface area (Å²) in [7, 11) is 0. The zero-order valence-corrected chi connectivity index (χ0v) is 31.9. The van der Waals surface area contributed by atoms with Crippen LogP contribution in [-0.4, -0.2) is 132 Å². The number of aliphatic carboxylic acids is 1. The Morgan fingerprint density at radius 1 is 0.983 bits per heavy atom. The molecule has 1 amide bonds. The lowest BCUT2D eigenvalue weighted by Crippen LogP contribution is -2.67. The van der Waals surface area contributed by atoms with Gasteiger partial charge in [0.05, 0.1) is 23.7 Å². The average molecular weight is 817 g/mol. The van der Waals surface area contributed by atoms with Crippen molar-refractivity contribution in [2.75, 3.05) is 24.8 Å². The van der Waals surface area contributed by atoms with Crippen LogP contribution in [0.2, 0.25) is 0 Å². The van der Waals surface area contributed by atoms with Crippen LogP contribution in [0.3, 0.4) is 0 Å². The topological polar surface area (TPSA) is 289 Å². The molecule has 3 aromatic rings. The molecule has 0 spiro atoms. The van der Waals surface area contributed by atoms with E-state index in [1.165, 1.54) is 18.2 Å². The summed E-state index contributed by atoms with van der Waals surface area (Å²) in [5.41, 5.74) is 9.44. The first kappa shape index (κ1) is 41.9. The van der Waals surface area contributed by atoms with Crippen LogP contribution in [0.1, 0.15) is 60.3 Å². The number of amides is 1. The maximum absolute atomic E-state index is 14.4. The van der Waals surface area contributed by atoms with Crippen LogP contribution in [0.4, 0.5) is 5.69 Å². The van der Waals surface area contributed by atoms with Gasteiger partial charge >= 0.3 is 11.9 Å². The van der Waals surface area contributed by atoms with E-state index in [2.05, 4.69) is 9.98 Å². The average Bonchev–Trinajstić information content (AvgIpc) is 3.91. The molecular formula is C42H48N4O13. The SMILES string of the molecule is NC1CCCC1(CC1c2cc(O)c(OC3(O)OC(CO)C(O)C(O)C3O)cc2N(C(=O)C=Cc2ccc(O)c(CC3=NCN=C3CCO)c2)C1C(=O)O)c1ccccc1. The predicted molar refractivity (Wildman–Crippen MR) is 212 cm³/mol. The number of carbonyl (C=O) groups excluding carboxylic acids is 1. The van der Waals surface area contributed by atoms with E-state index in [9.17, 15) is 55.5 Å². The molecule has 17 heteroatoms. The van der Waals surface area contributed by atoms with Gasteiger partial charge in [0.1, 0.15) is 36.8 Å². The van der Waals surface area contributed by atoms with Crippen molar-refractivity contribution in [1.82, 2.24) is 0 Å². The van der Waals surface area contributed by atoms with Crippen LogP contribution < -0.4 is 15.4 Å². The number of hydrogen-bond acceptors (Lipinski definition) is 15. The molecule has 59 heavy (non-hydrogen) atoms. The number of phenolic OH excluding ortho intramolecular Hbond substituents is 2. The molecule has 2 fully saturated rings. The zero-order valence-electron chi connectivity index (χ0n) is 31.9. The van der Waals surface area contributed by atoms with Crippen molar-refractivity contribution >= 4 is 35.1 Å². The summed E-state index contributed by atoms with van der Waals surface area (Å²) in [5.74, 6) is -7.48. The number of carboxylic acids is 1. The van der Waals surface area contributed by atoms with Crippen molar-refractivity contribution in [2.45, 2.75) is 92.3 Å². The number of nitrogens with zero attached hydrogens (tertiary/aromatic N) is 3. The highest BCUT2D eigenvalue weighted by Gasteiger charge is 2.56. The predicted octanol–water partition coefficient (Wildman–Crippen LogP) is 0.811. The maximum Gasteiger partial charge on any atom is 0.355 e. The van der Waals surface area contributed by atoms with E-state index >= 15 is 0 Å².